The lowest BCUT2D eigenvalue weighted by Gasteiger charge is -2.13. The van der Waals surface area contributed by atoms with Crippen molar-refractivity contribution in [2.45, 2.75) is 20.0 Å². The molecule has 0 fully saturated rings. The van der Waals surface area contributed by atoms with Gasteiger partial charge in [-0.1, -0.05) is 23.7 Å². The van der Waals surface area contributed by atoms with Crippen molar-refractivity contribution < 1.29 is 19.1 Å². The highest BCUT2D eigenvalue weighted by Gasteiger charge is 2.17. The fourth-order valence-corrected chi connectivity index (χ4v) is 3.27. The van der Waals surface area contributed by atoms with Crippen molar-refractivity contribution >= 4 is 34.4 Å². The van der Waals surface area contributed by atoms with Crippen LogP contribution >= 0.6 is 11.6 Å². The molecule has 9 heteroatoms. The van der Waals surface area contributed by atoms with Gasteiger partial charge in [-0.25, -0.2) is 4.98 Å². The zero-order chi connectivity index (χ0) is 21.0. The molecule has 1 heterocycles. The predicted octanol–water partition coefficient (Wildman–Crippen LogP) is 2.51. The summed E-state index contributed by atoms with van der Waals surface area (Å²) in [7, 11) is 1.41. The van der Waals surface area contributed by atoms with Gasteiger partial charge in [-0.05, 0) is 31.2 Å². The van der Waals surface area contributed by atoms with Crippen LogP contribution in [0.5, 0.6) is 11.5 Å². The molecule has 2 aromatic carbocycles. The van der Waals surface area contributed by atoms with Gasteiger partial charge in [-0.3, -0.25) is 9.59 Å². The van der Waals surface area contributed by atoms with E-state index in [0.29, 0.717) is 0 Å². The summed E-state index contributed by atoms with van der Waals surface area (Å²) in [6, 6.07) is 10.7. The van der Waals surface area contributed by atoms with E-state index < -0.39 is 5.91 Å². The van der Waals surface area contributed by atoms with Crippen LogP contribution < -0.4 is 20.5 Å². The first-order valence-electron chi connectivity index (χ1n) is 8.95. The maximum atomic E-state index is 12.7. The van der Waals surface area contributed by atoms with E-state index >= 15 is 0 Å². The van der Waals surface area contributed by atoms with Crippen LogP contribution in [-0.4, -0.2) is 35.1 Å². The average Bonchev–Trinajstić information content (AvgIpc) is 3.07. The number of carbonyl (C=O) groups excluding carboxylic acids is 2. The van der Waals surface area contributed by atoms with E-state index in [0.717, 1.165) is 23.4 Å². The molecule has 0 spiro atoms. The van der Waals surface area contributed by atoms with E-state index in [9.17, 15) is 9.59 Å². The Morgan fingerprint density at radius 1 is 1.28 bits per heavy atom. The number of nitrogens with one attached hydrogen (secondary N) is 1. The average molecular weight is 417 g/mol. The SMILES string of the molecule is CCn1c(CNC(=O)c2cc(Cl)c(OCC(N)=O)c(OC)c2)nc2ccccc21. The third-order valence-electron chi connectivity index (χ3n) is 4.31. The van der Waals surface area contributed by atoms with Gasteiger partial charge in [0.2, 0.25) is 0 Å². The van der Waals surface area contributed by atoms with Crippen LogP contribution in [-0.2, 0) is 17.9 Å². The summed E-state index contributed by atoms with van der Waals surface area (Å²) in [5, 5.41) is 2.98. The summed E-state index contributed by atoms with van der Waals surface area (Å²) < 4.78 is 12.5. The summed E-state index contributed by atoms with van der Waals surface area (Å²) >= 11 is 6.21. The van der Waals surface area contributed by atoms with Crippen molar-refractivity contribution in [3.63, 3.8) is 0 Å². The number of carbonyl (C=O) groups is 2. The van der Waals surface area contributed by atoms with Crippen molar-refractivity contribution in [2.24, 2.45) is 5.73 Å². The monoisotopic (exact) mass is 416 g/mol. The zero-order valence-electron chi connectivity index (χ0n) is 16.1. The number of halogens is 1. The standard InChI is InChI=1S/C20H21ClN4O4/c1-3-25-15-7-5-4-6-14(15)24-18(25)10-23-20(27)12-8-13(21)19(16(9-12)28-2)29-11-17(22)26/h4-9H,3,10-11H2,1-2H3,(H2,22,26)(H,23,27). The number of nitrogens with zero attached hydrogens (tertiary/aromatic N) is 2. The van der Waals surface area contributed by atoms with E-state index in [-0.39, 0.29) is 41.1 Å². The Balaban J connectivity index is 1.79. The minimum absolute atomic E-state index is 0.136. The highest BCUT2D eigenvalue weighted by atomic mass is 35.5. The number of hydrogen-bond donors (Lipinski definition) is 2. The minimum atomic E-state index is -0.649. The Hall–Kier alpha value is -3.26. The smallest absolute Gasteiger partial charge is 0.255 e. The molecule has 0 aliphatic heterocycles. The number of methoxy groups -OCH3 is 1. The number of amides is 2. The van der Waals surface area contributed by atoms with Crippen molar-refractivity contribution in [3.8, 4) is 11.5 Å². The van der Waals surface area contributed by atoms with Gasteiger partial charge in [0, 0.05) is 12.1 Å². The van der Waals surface area contributed by atoms with Crippen LogP contribution in [0.15, 0.2) is 36.4 Å². The first-order chi connectivity index (χ1) is 13.9. The van der Waals surface area contributed by atoms with Gasteiger partial charge in [-0.2, -0.15) is 0 Å². The number of aromatic nitrogens is 2. The predicted molar refractivity (Wildman–Crippen MR) is 109 cm³/mol. The molecule has 0 atom stereocenters. The Labute approximate surface area is 172 Å². The molecule has 0 aliphatic rings. The number of aryl methyl sites for hydroxylation is 1. The number of hydrogen-bond acceptors (Lipinski definition) is 5. The second kappa shape index (κ2) is 8.83. The zero-order valence-corrected chi connectivity index (χ0v) is 16.8. The number of para-hydroxylation sites is 2. The van der Waals surface area contributed by atoms with Gasteiger partial charge < -0.3 is 25.1 Å². The maximum Gasteiger partial charge on any atom is 0.255 e. The van der Waals surface area contributed by atoms with Crippen LogP contribution in [0.1, 0.15) is 23.1 Å². The lowest BCUT2D eigenvalue weighted by molar-refractivity contribution is -0.119. The second-order valence-electron chi connectivity index (χ2n) is 6.19. The molecule has 0 aliphatic carbocycles. The fourth-order valence-electron chi connectivity index (χ4n) is 3.01. The summed E-state index contributed by atoms with van der Waals surface area (Å²) in [6.07, 6.45) is 0. The normalized spacial score (nSPS) is 10.7. The van der Waals surface area contributed by atoms with Crippen molar-refractivity contribution in [1.82, 2.24) is 14.9 Å². The molecule has 0 saturated carbocycles. The third-order valence-corrected chi connectivity index (χ3v) is 4.59. The number of rotatable bonds is 8. The van der Waals surface area contributed by atoms with Crippen molar-refractivity contribution in [1.29, 1.82) is 0 Å². The van der Waals surface area contributed by atoms with E-state index in [2.05, 4.69) is 10.3 Å². The Bertz CT molecular complexity index is 1060. The molecule has 1 aromatic heterocycles. The van der Waals surface area contributed by atoms with Gasteiger partial charge >= 0.3 is 0 Å². The molecule has 0 bridgehead atoms. The number of imidazole rings is 1. The lowest BCUT2D eigenvalue weighted by atomic mass is 10.2. The first-order valence-corrected chi connectivity index (χ1v) is 9.33. The summed E-state index contributed by atoms with van der Waals surface area (Å²) in [5.74, 6) is 0.133. The van der Waals surface area contributed by atoms with Gasteiger partial charge in [0.05, 0.1) is 29.7 Å². The number of primary amides is 1. The van der Waals surface area contributed by atoms with E-state index in [4.69, 9.17) is 26.8 Å². The minimum Gasteiger partial charge on any atom is -0.493 e. The molecule has 152 valence electrons. The molecule has 0 radical (unpaired) electrons. The fraction of sp³-hybridized carbons (Fsp3) is 0.250. The largest absolute Gasteiger partial charge is 0.493 e. The summed E-state index contributed by atoms with van der Waals surface area (Å²) in [5.41, 5.74) is 7.26. The van der Waals surface area contributed by atoms with Crippen LogP contribution in [0.3, 0.4) is 0 Å². The Morgan fingerprint density at radius 3 is 2.72 bits per heavy atom. The second-order valence-corrected chi connectivity index (χ2v) is 6.60. The summed E-state index contributed by atoms with van der Waals surface area (Å²) in [6.45, 7) is 2.65. The van der Waals surface area contributed by atoms with Crippen LogP contribution in [0.2, 0.25) is 5.02 Å². The lowest BCUT2D eigenvalue weighted by Crippen LogP contribution is -2.25. The molecule has 0 unspecified atom stereocenters. The third kappa shape index (κ3) is 4.43. The highest BCUT2D eigenvalue weighted by molar-refractivity contribution is 6.32. The van der Waals surface area contributed by atoms with Gasteiger partial charge in [0.1, 0.15) is 5.82 Å². The molecule has 0 saturated heterocycles. The molecule has 2 amide bonds. The van der Waals surface area contributed by atoms with Crippen LogP contribution in [0.4, 0.5) is 0 Å². The van der Waals surface area contributed by atoms with E-state index in [1.165, 1.54) is 19.2 Å². The van der Waals surface area contributed by atoms with E-state index in [1.54, 1.807) is 0 Å². The number of benzene rings is 2. The van der Waals surface area contributed by atoms with Crippen LogP contribution in [0.25, 0.3) is 11.0 Å². The Kier molecular flexibility index (Phi) is 6.23. The summed E-state index contributed by atoms with van der Waals surface area (Å²) in [4.78, 5) is 28.2. The molecule has 8 nitrogen and oxygen atoms in total. The molecule has 29 heavy (non-hydrogen) atoms. The number of fused-ring (bicyclic) bond motifs is 1. The van der Waals surface area contributed by atoms with Crippen molar-refractivity contribution in [2.75, 3.05) is 13.7 Å². The Morgan fingerprint density at radius 2 is 2.03 bits per heavy atom. The molecule has 3 aromatic rings. The van der Waals surface area contributed by atoms with Gasteiger partial charge in [-0.15, -0.1) is 0 Å². The maximum absolute atomic E-state index is 12.7. The topological polar surface area (TPSA) is 108 Å². The quantitative estimate of drug-likeness (QED) is 0.586. The number of ether oxygens (including phenoxy) is 2. The van der Waals surface area contributed by atoms with Crippen LogP contribution in [0, 0.1) is 0 Å². The first kappa shape index (κ1) is 20.5. The molecular formula is C20H21ClN4O4. The molecular weight excluding hydrogens is 396 g/mol. The van der Waals surface area contributed by atoms with E-state index in [1.807, 2.05) is 35.8 Å². The van der Waals surface area contributed by atoms with Crippen molar-refractivity contribution in [3.05, 3.63) is 52.8 Å². The van der Waals surface area contributed by atoms with Gasteiger partial charge in [0.25, 0.3) is 11.8 Å². The molecule has 3 N–H and O–H groups in total. The molecule has 3 rings (SSSR count). The highest BCUT2D eigenvalue weighted by Crippen LogP contribution is 2.36. The number of nitrogens with two attached hydrogens (primary N) is 1. The van der Waals surface area contributed by atoms with Gasteiger partial charge in [0.15, 0.2) is 18.1 Å².